The van der Waals surface area contributed by atoms with E-state index in [-0.39, 0.29) is 5.90 Å². The first-order valence-electron chi connectivity index (χ1n) is 4.65. The monoisotopic (exact) mass is 217 g/mol. The van der Waals surface area contributed by atoms with Crippen LogP contribution in [0.1, 0.15) is 11.5 Å². The Morgan fingerprint density at radius 2 is 2.19 bits per heavy atom. The molecule has 2 aromatic rings. The first-order valence-corrected chi connectivity index (χ1v) is 4.65. The maximum absolute atomic E-state index is 7.67. The van der Waals surface area contributed by atoms with Crippen LogP contribution in [0.4, 0.5) is 5.69 Å². The fourth-order valence-corrected chi connectivity index (χ4v) is 1.15. The Balaban J connectivity index is 2.11. The molecule has 0 saturated carbocycles. The van der Waals surface area contributed by atoms with Crippen LogP contribution < -0.4 is 10.5 Å². The summed E-state index contributed by atoms with van der Waals surface area (Å²) >= 11 is 0. The van der Waals surface area contributed by atoms with Gasteiger partial charge in [0.15, 0.2) is 0 Å². The number of ether oxygens (including phenoxy) is 1. The average molecular weight is 217 g/mol. The van der Waals surface area contributed by atoms with E-state index in [0.717, 1.165) is 5.82 Å². The van der Waals surface area contributed by atoms with Crippen molar-refractivity contribution in [2.75, 3.05) is 5.73 Å². The Morgan fingerprint density at radius 3 is 2.75 bits per heavy atom. The Kier molecular flexibility index (Phi) is 2.55. The summed E-state index contributed by atoms with van der Waals surface area (Å²) in [7, 11) is 0. The molecular weight excluding hydrogens is 206 g/mol. The third-order valence-electron chi connectivity index (χ3n) is 1.91. The number of nitrogens with one attached hydrogen (secondary N) is 2. The van der Waals surface area contributed by atoms with Gasteiger partial charge in [-0.25, -0.2) is 9.97 Å². The molecule has 0 aliphatic heterocycles. The minimum atomic E-state index is -0.0522. The zero-order valence-electron chi connectivity index (χ0n) is 8.69. The molecule has 0 unspecified atom stereocenters. The molecule has 2 aromatic heterocycles. The quantitative estimate of drug-likeness (QED) is 0.518. The van der Waals surface area contributed by atoms with Gasteiger partial charge in [0.1, 0.15) is 11.5 Å². The highest BCUT2D eigenvalue weighted by Crippen LogP contribution is 2.09. The van der Waals surface area contributed by atoms with E-state index in [4.69, 9.17) is 15.9 Å². The van der Waals surface area contributed by atoms with E-state index in [9.17, 15) is 0 Å². The van der Waals surface area contributed by atoms with E-state index in [1.807, 2.05) is 0 Å². The van der Waals surface area contributed by atoms with Crippen molar-refractivity contribution >= 4 is 11.6 Å². The van der Waals surface area contributed by atoms with Crippen LogP contribution in [0.3, 0.4) is 0 Å². The first kappa shape index (κ1) is 10.2. The molecule has 0 spiro atoms. The number of nitrogens with two attached hydrogens (primary N) is 1. The van der Waals surface area contributed by atoms with Gasteiger partial charge in [-0.2, -0.15) is 0 Å². The van der Waals surface area contributed by atoms with E-state index >= 15 is 0 Å². The van der Waals surface area contributed by atoms with E-state index in [0.29, 0.717) is 17.3 Å². The van der Waals surface area contributed by atoms with Crippen molar-refractivity contribution in [3.8, 4) is 5.88 Å². The lowest BCUT2D eigenvalue weighted by Gasteiger charge is -2.03. The van der Waals surface area contributed by atoms with Gasteiger partial charge in [-0.3, -0.25) is 5.41 Å². The number of H-pyrrole nitrogens is 1. The molecule has 0 bridgehead atoms. The number of hydrogen-bond acceptors (Lipinski definition) is 5. The Labute approximate surface area is 92.0 Å². The molecule has 0 aliphatic rings. The number of hydrogen-bond donors (Lipinski definition) is 3. The fourth-order valence-electron chi connectivity index (χ4n) is 1.15. The maximum atomic E-state index is 7.67. The summed E-state index contributed by atoms with van der Waals surface area (Å²) in [4.78, 5) is 10.8. The summed E-state index contributed by atoms with van der Waals surface area (Å²) < 4.78 is 5.22. The Hall–Kier alpha value is -2.37. The zero-order valence-corrected chi connectivity index (χ0v) is 8.69. The highest BCUT2D eigenvalue weighted by Gasteiger charge is 2.06. The van der Waals surface area contributed by atoms with Gasteiger partial charge in [0.05, 0.1) is 18.1 Å². The third-order valence-corrected chi connectivity index (χ3v) is 1.91. The van der Waals surface area contributed by atoms with Gasteiger partial charge in [0, 0.05) is 0 Å². The minimum absolute atomic E-state index is 0.0522. The number of imidazole rings is 1. The van der Waals surface area contributed by atoms with Gasteiger partial charge < -0.3 is 15.5 Å². The van der Waals surface area contributed by atoms with E-state index in [2.05, 4.69) is 15.0 Å². The van der Waals surface area contributed by atoms with E-state index in [1.165, 1.54) is 12.4 Å². The number of anilines is 1. The molecule has 0 radical (unpaired) electrons. The predicted octanol–water partition coefficient (Wildman–Crippen LogP) is 1.10. The second-order valence-corrected chi connectivity index (χ2v) is 3.24. The molecule has 6 nitrogen and oxygen atoms in total. The predicted molar refractivity (Wildman–Crippen MR) is 59.4 cm³/mol. The molecule has 0 atom stereocenters. The summed E-state index contributed by atoms with van der Waals surface area (Å²) in [6, 6.07) is 3.29. The normalized spacial score (nSPS) is 10.1. The lowest BCUT2D eigenvalue weighted by atomic mass is 10.3. The second kappa shape index (κ2) is 4.01. The smallest absolute Gasteiger partial charge is 0.239 e. The molecule has 2 rings (SSSR count). The lowest BCUT2D eigenvalue weighted by molar-refractivity contribution is 0.525. The number of pyridine rings is 1. The van der Waals surface area contributed by atoms with Crippen LogP contribution in [0.15, 0.2) is 24.5 Å². The fraction of sp³-hybridized carbons (Fsp3) is 0.100. The van der Waals surface area contributed by atoms with Crippen molar-refractivity contribution in [3.05, 3.63) is 36.0 Å². The molecule has 0 aromatic carbocycles. The minimum Gasteiger partial charge on any atom is -0.419 e. The van der Waals surface area contributed by atoms with Gasteiger partial charge in [-0.05, 0) is 19.1 Å². The van der Waals surface area contributed by atoms with Crippen LogP contribution in [-0.2, 0) is 0 Å². The second-order valence-electron chi connectivity index (χ2n) is 3.24. The van der Waals surface area contributed by atoms with Gasteiger partial charge in [-0.15, -0.1) is 0 Å². The van der Waals surface area contributed by atoms with Crippen molar-refractivity contribution in [1.29, 1.82) is 5.41 Å². The van der Waals surface area contributed by atoms with Gasteiger partial charge in [-0.1, -0.05) is 0 Å². The number of nitrogen functional groups attached to an aromatic ring is 1. The molecular formula is C10H11N5O. The third kappa shape index (κ3) is 2.17. The summed E-state index contributed by atoms with van der Waals surface area (Å²) in [5.41, 5.74) is 6.46. The highest BCUT2D eigenvalue weighted by molar-refractivity contribution is 5.91. The van der Waals surface area contributed by atoms with Gasteiger partial charge >= 0.3 is 0 Å². The molecule has 0 fully saturated rings. The molecule has 6 heteroatoms. The number of aromatic amines is 1. The largest absolute Gasteiger partial charge is 0.419 e. The van der Waals surface area contributed by atoms with Gasteiger partial charge in [0.2, 0.25) is 11.8 Å². The standard InChI is InChI=1S/C10H11N5O/c1-6-13-5-9(15-6)16-10(12)8-3-2-7(11)4-14-8/h2-5,12H,11H2,1H3,(H,13,15). The van der Waals surface area contributed by atoms with Crippen LogP contribution in [0.2, 0.25) is 0 Å². The molecule has 2 heterocycles. The SMILES string of the molecule is Cc1ncc(OC(=N)c2ccc(N)cn2)[nH]1. The molecule has 16 heavy (non-hydrogen) atoms. The topological polar surface area (TPSA) is 101 Å². The first-order chi connectivity index (χ1) is 7.65. The summed E-state index contributed by atoms with van der Waals surface area (Å²) in [6.07, 6.45) is 2.99. The maximum Gasteiger partial charge on any atom is 0.239 e. The van der Waals surface area contributed by atoms with Gasteiger partial charge in [0.25, 0.3) is 0 Å². The zero-order chi connectivity index (χ0) is 11.5. The number of rotatable bonds is 2. The Morgan fingerprint density at radius 1 is 1.38 bits per heavy atom. The van der Waals surface area contributed by atoms with E-state index < -0.39 is 0 Å². The molecule has 0 amide bonds. The van der Waals surface area contributed by atoms with Crippen molar-refractivity contribution in [1.82, 2.24) is 15.0 Å². The molecule has 4 N–H and O–H groups in total. The highest BCUT2D eigenvalue weighted by atomic mass is 16.5. The average Bonchev–Trinajstić information content (AvgIpc) is 2.65. The molecule has 0 saturated heterocycles. The Bertz CT molecular complexity index is 502. The van der Waals surface area contributed by atoms with Crippen LogP contribution in [-0.4, -0.2) is 20.8 Å². The van der Waals surface area contributed by atoms with Crippen molar-refractivity contribution in [2.45, 2.75) is 6.92 Å². The van der Waals surface area contributed by atoms with Crippen molar-refractivity contribution in [2.24, 2.45) is 0 Å². The summed E-state index contributed by atoms with van der Waals surface area (Å²) in [5, 5.41) is 7.67. The number of aromatic nitrogens is 3. The molecule has 82 valence electrons. The number of nitrogens with zero attached hydrogens (tertiary/aromatic N) is 2. The lowest BCUT2D eigenvalue weighted by Crippen LogP contribution is -2.10. The van der Waals surface area contributed by atoms with Crippen LogP contribution in [0.5, 0.6) is 5.88 Å². The van der Waals surface area contributed by atoms with E-state index in [1.54, 1.807) is 19.1 Å². The van der Waals surface area contributed by atoms with Crippen LogP contribution in [0, 0.1) is 12.3 Å². The molecule has 0 aliphatic carbocycles. The summed E-state index contributed by atoms with van der Waals surface area (Å²) in [6.45, 7) is 1.80. The van der Waals surface area contributed by atoms with Crippen LogP contribution in [0.25, 0.3) is 0 Å². The van der Waals surface area contributed by atoms with Crippen molar-refractivity contribution in [3.63, 3.8) is 0 Å². The van der Waals surface area contributed by atoms with Crippen molar-refractivity contribution < 1.29 is 4.74 Å². The number of aryl methyl sites for hydroxylation is 1. The summed E-state index contributed by atoms with van der Waals surface area (Å²) in [5.74, 6) is 1.10. The van der Waals surface area contributed by atoms with Crippen LogP contribution >= 0.6 is 0 Å².